The Morgan fingerprint density at radius 1 is 1.14 bits per heavy atom. The van der Waals surface area contributed by atoms with Crippen LogP contribution < -0.4 is 5.32 Å². The second-order valence-corrected chi connectivity index (χ2v) is 5.19. The molecule has 1 amide bonds. The first-order chi connectivity index (χ1) is 9.56. The number of carboxylic acid groups (broad SMARTS) is 1. The van der Waals surface area contributed by atoms with Crippen LogP contribution in [0.4, 0.5) is 0 Å². The molecule has 8 heteroatoms. The van der Waals surface area contributed by atoms with Crippen LogP contribution in [0, 0.1) is 5.41 Å². The highest BCUT2D eigenvalue weighted by atomic mass is 16.6. The van der Waals surface area contributed by atoms with Crippen LogP contribution in [0.25, 0.3) is 0 Å². The molecule has 0 aliphatic heterocycles. The molecule has 1 atom stereocenters. The zero-order valence-electron chi connectivity index (χ0n) is 12.6. The summed E-state index contributed by atoms with van der Waals surface area (Å²) in [4.78, 5) is 44.4. The number of amides is 1. The topological polar surface area (TPSA) is 119 Å². The SMILES string of the molecule is CC(=O)OCC(C)(C)C(OC(C)=O)C(=O)NCCC(=O)O. The molecule has 0 aromatic heterocycles. The molecule has 0 aliphatic carbocycles. The maximum Gasteiger partial charge on any atom is 0.305 e. The number of nitrogens with one attached hydrogen (secondary N) is 1. The van der Waals surface area contributed by atoms with E-state index in [2.05, 4.69) is 5.32 Å². The molecule has 0 saturated carbocycles. The maximum absolute atomic E-state index is 12.0. The highest BCUT2D eigenvalue weighted by Gasteiger charge is 2.39. The first-order valence-corrected chi connectivity index (χ1v) is 6.36. The lowest BCUT2D eigenvalue weighted by Gasteiger charge is -2.31. The lowest BCUT2D eigenvalue weighted by atomic mass is 9.86. The minimum atomic E-state index is -1.19. The van der Waals surface area contributed by atoms with Gasteiger partial charge in [0.25, 0.3) is 5.91 Å². The smallest absolute Gasteiger partial charge is 0.305 e. The molecule has 1 unspecified atom stereocenters. The summed E-state index contributed by atoms with van der Waals surface area (Å²) in [5.74, 6) is -2.87. The maximum atomic E-state index is 12.0. The van der Waals surface area contributed by atoms with E-state index in [-0.39, 0.29) is 19.6 Å². The Morgan fingerprint density at radius 2 is 1.71 bits per heavy atom. The molecule has 8 nitrogen and oxygen atoms in total. The molecule has 0 spiro atoms. The van der Waals surface area contributed by atoms with E-state index in [0.717, 1.165) is 6.92 Å². The second-order valence-electron chi connectivity index (χ2n) is 5.19. The van der Waals surface area contributed by atoms with Gasteiger partial charge in [-0.05, 0) is 0 Å². The van der Waals surface area contributed by atoms with Crippen LogP contribution in [0.5, 0.6) is 0 Å². The first-order valence-electron chi connectivity index (χ1n) is 6.36. The molecule has 120 valence electrons. The van der Waals surface area contributed by atoms with E-state index in [1.54, 1.807) is 13.8 Å². The lowest BCUT2D eigenvalue weighted by Crippen LogP contribution is -2.49. The van der Waals surface area contributed by atoms with E-state index >= 15 is 0 Å². The van der Waals surface area contributed by atoms with Crippen LogP contribution in [0.15, 0.2) is 0 Å². The number of carboxylic acids is 1. The zero-order valence-corrected chi connectivity index (χ0v) is 12.6. The third kappa shape index (κ3) is 7.91. The number of ether oxygens (including phenoxy) is 2. The summed E-state index contributed by atoms with van der Waals surface area (Å²) >= 11 is 0. The Hall–Kier alpha value is -2.12. The Morgan fingerprint density at radius 3 is 2.14 bits per heavy atom. The van der Waals surface area contributed by atoms with Gasteiger partial charge in [-0.15, -0.1) is 0 Å². The molecule has 2 N–H and O–H groups in total. The average Bonchev–Trinajstić information content (AvgIpc) is 2.32. The highest BCUT2D eigenvalue weighted by Crippen LogP contribution is 2.24. The van der Waals surface area contributed by atoms with Crippen molar-refractivity contribution < 1.29 is 33.8 Å². The predicted octanol–water partition coefficient (Wildman–Crippen LogP) is 0.0983. The molecule has 0 aromatic rings. The third-order valence-electron chi connectivity index (χ3n) is 2.52. The van der Waals surface area contributed by atoms with Crippen molar-refractivity contribution in [3.8, 4) is 0 Å². The number of esters is 2. The Bertz CT molecular complexity index is 417. The van der Waals surface area contributed by atoms with E-state index in [1.165, 1.54) is 6.92 Å². The van der Waals surface area contributed by atoms with Gasteiger partial charge in [-0.3, -0.25) is 19.2 Å². The van der Waals surface area contributed by atoms with Crippen LogP contribution in [-0.2, 0) is 28.7 Å². The van der Waals surface area contributed by atoms with Crippen molar-refractivity contribution in [3.05, 3.63) is 0 Å². The Kier molecular flexibility index (Phi) is 7.40. The van der Waals surface area contributed by atoms with Crippen molar-refractivity contribution in [3.63, 3.8) is 0 Å². The summed E-state index contributed by atoms with van der Waals surface area (Å²) in [6, 6.07) is 0. The van der Waals surface area contributed by atoms with Crippen molar-refractivity contribution in [2.45, 2.75) is 40.2 Å². The molecule has 0 heterocycles. The Labute approximate surface area is 122 Å². The van der Waals surface area contributed by atoms with Crippen molar-refractivity contribution in [2.75, 3.05) is 13.2 Å². The van der Waals surface area contributed by atoms with Crippen LogP contribution in [0.1, 0.15) is 34.1 Å². The number of carbonyl (C=O) groups is 4. The van der Waals surface area contributed by atoms with Gasteiger partial charge in [0.2, 0.25) is 0 Å². The number of aliphatic carboxylic acids is 1. The monoisotopic (exact) mass is 303 g/mol. The second kappa shape index (κ2) is 8.23. The van der Waals surface area contributed by atoms with Crippen molar-refractivity contribution >= 4 is 23.8 Å². The summed E-state index contributed by atoms with van der Waals surface area (Å²) in [6.07, 6.45) is -1.44. The fourth-order valence-corrected chi connectivity index (χ4v) is 1.48. The number of rotatable bonds is 8. The molecule has 0 fully saturated rings. The van der Waals surface area contributed by atoms with Crippen LogP contribution in [0.3, 0.4) is 0 Å². The van der Waals surface area contributed by atoms with Gasteiger partial charge in [-0.25, -0.2) is 0 Å². The molecule has 0 saturated heterocycles. The minimum Gasteiger partial charge on any atom is -0.481 e. The van der Waals surface area contributed by atoms with Gasteiger partial charge in [-0.2, -0.15) is 0 Å². The van der Waals surface area contributed by atoms with E-state index in [0.29, 0.717) is 0 Å². The molecular formula is C13H21NO7. The van der Waals surface area contributed by atoms with Crippen molar-refractivity contribution in [1.82, 2.24) is 5.32 Å². The zero-order chi connectivity index (χ0) is 16.6. The molecule has 0 rings (SSSR count). The average molecular weight is 303 g/mol. The molecule has 0 bridgehead atoms. The van der Waals surface area contributed by atoms with E-state index in [9.17, 15) is 19.2 Å². The normalized spacial score (nSPS) is 12.2. The predicted molar refractivity (Wildman–Crippen MR) is 71.2 cm³/mol. The lowest BCUT2D eigenvalue weighted by molar-refractivity contribution is -0.166. The summed E-state index contributed by atoms with van der Waals surface area (Å²) < 4.78 is 9.83. The fraction of sp³-hybridized carbons (Fsp3) is 0.692. The number of hydrogen-bond donors (Lipinski definition) is 2. The molecule has 0 aromatic carbocycles. The summed E-state index contributed by atoms with van der Waals surface area (Å²) in [7, 11) is 0. The van der Waals surface area contributed by atoms with Gasteiger partial charge in [-0.1, -0.05) is 13.8 Å². The molecular weight excluding hydrogens is 282 g/mol. The van der Waals surface area contributed by atoms with Crippen molar-refractivity contribution in [1.29, 1.82) is 0 Å². The van der Waals surface area contributed by atoms with Gasteiger partial charge >= 0.3 is 17.9 Å². The van der Waals surface area contributed by atoms with Crippen LogP contribution in [0.2, 0.25) is 0 Å². The van der Waals surface area contributed by atoms with Gasteiger partial charge in [0, 0.05) is 25.8 Å². The van der Waals surface area contributed by atoms with Gasteiger partial charge < -0.3 is 19.9 Å². The Balaban J connectivity index is 4.82. The summed E-state index contributed by atoms with van der Waals surface area (Å²) in [5.41, 5.74) is -0.954. The van der Waals surface area contributed by atoms with Gasteiger partial charge in [0.1, 0.15) is 6.61 Å². The van der Waals surface area contributed by atoms with E-state index < -0.39 is 35.3 Å². The summed E-state index contributed by atoms with van der Waals surface area (Å²) in [5, 5.41) is 10.9. The molecule has 21 heavy (non-hydrogen) atoms. The first kappa shape index (κ1) is 18.9. The van der Waals surface area contributed by atoms with Gasteiger partial charge in [0.05, 0.1) is 6.42 Å². The van der Waals surface area contributed by atoms with Crippen molar-refractivity contribution in [2.24, 2.45) is 5.41 Å². The fourth-order valence-electron chi connectivity index (χ4n) is 1.48. The quantitative estimate of drug-likeness (QED) is 0.610. The largest absolute Gasteiger partial charge is 0.481 e. The molecule has 0 aliphatic rings. The number of carbonyl (C=O) groups excluding carboxylic acids is 3. The van der Waals surface area contributed by atoms with E-state index in [1.807, 2.05) is 0 Å². The van der Waals surface area contributed by atoms with Gasteiger partial charge in [0.15, 0.2) is 6.10 Å². The van der Waals surface area contributed by atoms with Crippen LogP contribution in [-0.4, -0.2) is 48.2 Å². The standard InChI is InChI=1S/C13H21NO7/c1-8(15)20-7-13(3,4)11(21-9(2)16)12(19)14-6-5-10(17)18/h11H,5-7H2,1-4H3,(H,14,19)(H,17,18). The van der Waals surface area contributed by atoms with Crippen LogP contribution >= 0.6 is 0 Å². The van der Waals surface area contributed by atoms with E-state index in [4.69, 9.17) is 14.6 Å². The minimum absolute atomic E-state index is 0.0877. The number of hydrogen-bond acceptors (Lipinski definition) is 6. The third-order valence-corrected chi connectivity index (χ3v) is 2.52. The highest BCUT2D eigenvalue weighted by molar-refractivity contribution is 5.84. The summed E-state index contributed by atoms with van der Waals surface area (Å²) in [6.45, 7) is 5.37. The molecule has 0 radical (unpaired) electrons.